The second-order valence-electron chi connectivity index (χ2n) is 11.8. The molecule has 3 unspecified atom stereocenters. The summed E-state index contributed by atoms with van der Waals surface area (Å²) in [5.74, 6) is -0.597. The van der Waals surface area contributed by atoms with Crippen LogP contribution in [0.3, 0.4) is 0 Å². The number of Topliss-reactive ketones (excluding diaryl/α,β-unsaturated/α-hetero) is 3. The molecule has 1 saturated heterocycles. The van der Waals surface area contributed by atoms with E-state index in [2.05, 4.69) is 13.8 Å². The summed E-state index contributed by atoms with van der Waals surface area (Å²) in [7, 11) is 1.56. The minimum absolute atomic E-state index is 0.188. The molecule has 2 heterocycles. The Morgan fingerprint density at radius 2 is 1.58 bits per heavy atom. The van der Waals surface area contributed by atoms with E-state index in [0.717, 1.165) is 22.4 Å². The summed E-state index contributed by atoms with van der Waals surface area (Å²) in [6.45, 7) is 4.24. The molecule has 6 heteroatoms. The van der Waals surface area contributed by atoms with Crippen molar-refractivity contribution in [1.29, 1.82) is 0 Å². The van der Waals surface area contributed by atoms with Crippen LogP contribution in [0.2, 0.25) is 5.02 Å². The first-order valence-corrected chi connectivity index (χ1v) is 14.9. The molecule has 0 saturated carbocycles. The van der Waals surface area contributed by atoms with Crippen LogP contribution in [0.25, 0.3) is 6.08 Å². The molecule has 43 heavy (non-hydrogen) atoms. The molecular formula is C37H30ClNO4. The Kier molecular flexibility index (Phi) is 6.40. The fourth-order valence-corrected chi connectivity index (χ4v) is 7.54. The van der Waals surface area contributed by atoms with Gasteiger partial charge in [-0.05, 0) is 52.9 Å². The van der Waals surface area contributed by atoms with Crippen molar-refractivity contribution < 1.29 is 19.1 Å². The lowest BCUT2D eigenvalue weighted by Crippen LogP contribution is -2.48. The molecule has 3 aliphatic rings. The molecule has 1 spiro atoms. The molecule has 5 nitrogen and oxygen atoms in total. The van der Waals surface area contributed by atoms with Gasteiger partial charge in [0.1, 0.15) is 17.2 Å². The zero-order chi connectivity index (χ0) is 30.0. The maximum absolute atomic E-state index is 14.9. The number of carbonyl (C=O) groups excluding carboxylic acids is 3. The van der Waals surface area contributed by atoms with Gasteiger partial charge in [-0.1, -0.05) is 98.3 Å². The molecule has 1 aliphatic carbocycles. The Morgan fingerprint density at radius 3 is 2.23 bits per heavy atom. The zero-order valence-corrected chi connectivity index (χ0v) is 24.8. The van der Waals surface area contributed by atoms with E-state index in [4.69, 9.17) is 16.3 Å². The second kappa shape index (κ2) is 10.1. The fraction of sp³-hybridized carbons (Fsp3) is 0.216. The van der Waals surface area contributed by atoms with Gasteiger partial charge in [0, 0.05) is 33.3 Å². The normalized spacial score (nSPS) is 21.2. The highest BCUT2D eigenvalue weighted by Gasteiger charge is 2.71. The van der Waals surface area contributed by atoms with Gasteiger partial charge in [0.15, 0.2) is 17.3 Å². The van der Waals surface area contributed by atoms with Crippen LogP contribution in [0.1, 0.15) is 73.4 Å². The first-order valence-electron chi connectivity index (χ1n) is 14.5. The van der Waals surface area contributed by atoms with Gasteiger partial charge >= 0.3 is 0 Å². The molecule has 3 atom stereocenters. The number of ether oxygens (including phenoxy) is 1. The average Bonchev–Trinajstić information content (AvgIpc) is 3.46. The topological polar surface area (TPSA) is 63.7 Å². The van der Waals surface area contributed by atoms with Crippen molar-refractivity contribution in [3.63, 3.8) is 0 Å². The van der Waals surface area contributed by atoms with Crippen molar-refractivity contribution in [3.8, 4) is 5.75 Å². The number of carbonyl (C=O) groups is 3. The van der Waals surface area contributed by atoms with Crippen LogP contribution in [0, 0.1) is 5.41 Å². The van der Waals surface area contributed by atoms with Crippen LogP contribution in [0.15, 0.2) is 97.1 Å². The molecule has 0 N–H and O–H groups in total. The minimum atomic E-state index is -1.55. The third kappa shape index (κ3) is 3.88. The van der Waals surface area contributed by atoms with Gasteiger partial charge in [-0.2, -0.15) is 0 Å². The van der Waals surface area contributed by atoms with Crippen LogP contribution >= 0.6 is 11.6 Å². The Hall–Kier alpha value is -4.48. The van der Waals surface area contributed by atoms with E-state index in [1.807, 2.05) is 53.5 Å². The van der Waals surface area contributed by atoms with Gasteiger partial charge in [0.25, 0.3) is 0 Å². The molecule has 4 aromatic rings. The van der Waals surface area contributed by atoms with Crippen molar-refractivity contribution in [3.05, 3.63) is 135 Å². The van der Waals surface area contributed by atoms with Crippen LogP contribution in [-0.2, 0) is 0 Å². The third-order valence-corrected chi connectivity index (χ3v) is 9.59. The van der Waals surface area contributed by atoms with Gasteiger partial charge in [-0.15, -0.1) is 0 Å². The molecule has 1 fully saturated rings. The fourth-order valence-electron chi connectivity index (χ4n) is 7.36. The van der Waals surface area contributed by atoms with E-state index in [9.17, 15) is 14.4 Å². The van der Waals surface area contributed by atoms with Crippen molar-refractivity contribution in [2.75, 3.05) is 12.0 Å². The molecule has 0 aromatic heterocycles. The summed E-state index contributed by atoms with van der Waals surface area (Å²) >= 11 is 6.40. The molecule has 0 bridgehead atoms. The first-order chi connectivity index (χ1) is 20.8. The predicted molar refractivity (Wildman–Crippen MR) is 169 cm³/mol. The van der Waals surface area contributed by atoms with Crippen LogP contribution in [-0.4, -0.2) is 36.5 Å². The summed E-state index contributed by atoms with van der Waals surface area (Å²) in [4.78, 5) is 46.4. The predicted octanol–water partition coefficient (Wildman–Crippen LogP) is 7.79. The van der Waals surface area contributed by atoms with E-state index in [1.54, 1.807) is 61.7 Å². The standard InChI is InChI=1S/C37H30ClNO4/c1-21(2)22-11-13-23(14-12-22)32-33(34(40)25-7-6-8-27(20-25)43-3)39-30-17-16-26(38)19-24(30)15-18-31(39)37(32)35(41)28-9-4-5-10-29(28)36(37)42/h4-21,31-33H,1-3H3. The van der Waals surface area contributed by atoms with Gasteiger partial charge in [0.05, 0.1) is 13.2 Å². The molecule has 4 aromatic carbocycles. The Bertz CT molecular complexity index is 1800. The number of benzene rings is 4. The number of fused-ring (bicyclic) bond motifs is 5. The minimum Gasteiger partial charge on any atom is -0.497 e. The van der Waals surface area contributed by atoms with E-state index < -0.39 is 23.4 Å². The van der Waals surface area contributed by atoms with Gasteiger partial charge in [-0.25, -0.2) is 0 Å². The number of rotatable bonds is 5. The van der Waals surface area contributed by atoms with Crippen LogP contribution in [0.5, 0.6) is 5.75 Å². The zero-order valence-electron chi connectivity index (χ0n) is 24.1. The number of ketones is 3. The molecule has 214 valence electrons. The van der Waals surface area contributed by atoms with E-state index >= 15 is 0 Å². The van der Waals surface area contributed by atoms with E-state index in [1.165, 1.54) is 0 Å². The lowest BCUT2D eigenvalue weighted by atomic mass is 9.64. The highest BCUT2D eigenvalue weighted by molar-refractivity contribution is 6.32. The van der Waals surface area contributed by atoms with Gasteiger partial charge < -0.3 is 9.64 Å². The Balaban J connectivity index is 1.53. The molecule has 0 amide bonds. The van der Waals surface area contributed by atoms with Gasteiger partial charge in [0.2, 0.25) is 0 Å². The quantitative estimate of drug-likeness (QED) is 0.176. The Labute approximate surface area is 255 Å². The summed E-state index contributed by atoms with van der Waals surface area (Å²) < 4.78 is 5.46. The maximum atomic E-state index is 14.9. The second-order valence-corrected chi connectivity index (χ2v) is 12.3. The van der Waals surface area contributed by atoms with Crippen molar-refractivity contribution >= 4 is 40.7 Å². The number of halogens is 1. The van der Waals surface area contributed by atoms with Crippen molar-refractivity contribution in [2.24, 2.45) is 5.41 Å². The summed E-state index contributed by atoms with van der Waals surface area (Å²) in [6, 6.07) is 26.1. The monoisotopic (exact) mass is 587 g/mol. The maximum Gasteiger partial charge on any atom is 0.186 e. The molecule has 2 aliphatic heterocycles. The number of anilines is 1. The molecule has 0 radical (unpaired) electrons. The lowest BCUT2D eigenvalue weighted by Gasteiger charge is -2.37. The van der Waals surface area contributed by atoms with Crippen molar-refractivity contribution in [2.45, 2.75) is 37.8 Å². The summed E-state index contributed by atoms with van der Waals surface area (Å²) in [5.41, 5.74) is 3.21. The van der Waals surface area contributed by atoms with Crippen LogP contribution < -0.4 is 9.64 Å². The van der Waals surface area contributed by atoms with Gasteiger partial charge in [-0.3, -0.25) is 14.4 Å². The summed E-state index contributed by atoms with van der Waals surface area (Å²) in [5, 5.41) is 0.563. The van der Waals surface area contributed by atoms with Crippen LogP contribution in [0.4, 0.5) is 5.69 Å². The largest absolute Gasteiger partial charge is 0.497 e. The highest BCUT2D eigenvalue weighted by Crippen LogP contribution is 2.61. The Morgan fingerprint density at radius 1 is 0.884 bits per heavy atom. The average molecular weight is 588 g/mol. The first kappa shape index (κ1) is 27.4. The lowest BCUT2D eigenvalue weighted by molar-refractivity contribution is 0.0666. The number of hydrogen-bond donors (Lipinski definition) is 0. The smallest absolute Gasteiger partial charge is 0.186 e. The van der Waals surface area contributed by atoms with E-state index in [-0.39, 0.29) is 17.3 Å². The highest BCUT2D eigenvalue weighted by atomic mass is 35.5. The third-order valence-electron chi connectivity index (χ3n) is 9.35. The molecular weight excluding hydrogens is 558 g/mol. The number of nitrogens with zero attached hydrogens (tertiary/aromatic N) is 1. The SMILES string of the molecule is COc1cccc(C(=O)C2C(c3ccc(C(C)C)cc3)C3(C(=O)c4ccccc4C3=O)C3C=Cc4cc(Cl)ccc4N23)c1. The molecule has 7 rings (SSSR count). The number of methoxy groups -OCH3 is 1. The van der Waals surface area contributed by atoms with E-state index in [0.29, 0.717) is 33.4 Å². The summed E-state index contributed by atoms with van der Waals surface area (Å²) in [6.07, 6.45) is 3.83. The van der Waals surface area contributed by atoms with Crippen molar-refractivity contribution in [1.82, 2.24) is 0 Å². The number of hydrogen-bond acceptors (Lipinski definition) is 5.